The molecule has 1 saturated heterocycles. The summed E-state index contributed by atoms with van der Waals surface area (Å²) in [5.74, 6) is 0.575. The van der Waals surface area contributed by atoms with Gasteiger partial charge < -0.3 is 10.2 Å². The third kappa shape index (κ3) is 3.71. The molecule has 0 spiro atoms. The Morgan fingerprint density at radius 1 is 1.32 bits per heavy atom. The molecule has 0 bridgehead atoms. The molecule has 2 fully saturated rings. The number of carbonyl (C=O) groups excluding carboxylic acids is 2. The van der Waals surface area contributed by atoms with Crippen LogP contribution in [0, 0.1) is 5.92 Å². The molecular weight excluding hydrogens is 240 g/mol. The maximum atomic E-state index is 12.6. The molecule has 0 aromatic rings. The minimum atomic E-state index is -0.247. The summed E-state index contributed by atoms with van der Waals surface area (Å²) < 4.78 is 0. The zero-order valence-electron chi connectivity index (χ0n) is 12.2. The molecule has 2 aliphatic rings. The molecule has 2 atom stereocenters. The normalized spacial score (nSPS) is 26.0. The monoisotopic (exact) mass is 266 g/mol. The zero-order valence-corrected chi connectivity index (χ0v) is 12.2. The fourth-order valence-electron chi connectivity index (χ4n) is 2.85. The van der Waals surface area contributed by atoms with Crippen LogP contribution in [-0.4, -0.2) is 35.3 Å². The van der Waals surface area contributed by atoms with Crippen LogP contribution in [0.15, 0.2) is 0 Å². The summed E-state index contributed by atoms with van der Waals surface area (Å²) in [7, 11) is 0. The van der Waals surface area contributed by atoms with Gasteiger partial charge in [-0.1, -0.05) is 26.2 Å². The van der Waals surface area contributed by atoms with E-state index in [0.717, 1.165) is 25.7 Å². The van der Waals surface area contributed by atoms with Gasteiger partial charge in [-0.15, -0.1) is 0 Å². The van der Waals surface area contributed by atoms with Gasteiger partial charge in [0.2, 0.25) is 11.8 Å². The number of hydrogen-bond acceptors (Lipinski definition) is 2. The summed E-state index contributed by atoms with van der Waals surface area (Å²) in [5.41, 5.74) is 0. The Labute approximate surface area is 115 Å². The highest BCUT2D eigenvalue weighted by atomic mass is 16.2. The lowest BCUT2D eigenvalue weighted by Gasteiger charge is -2.30. The predicted octanol–water partition coefficient (Wildman–Crippen LogP) is 2.08. The third-order valence-electron chi connectivity index (χ3n) is 4.30. The fourth-order valence-corrected chi connectivity index (χ4v) is 2.85. The van der Waals surface area contributed by atoms with E-state index in [9.17, 15) is 9.59 Å². The molecule has 0 aromatic carbocycles. The van der Waals surface area contributed by atoms with E-state index in [2.05, 4.69) is 19.2 Å². The Balaban J connectivity index is 1.97. The van der Waals surface area contributed by atoms with Gasteiger partial charge in [-0.2, -0.15) is 0 Å². The maximum absolute atomic E-state index is 12.6. The molecule has 19 heavy (non-hydrogen) atoms. The van der Waals surface area contributed by atoms with E-state index in [0.29, 0.717) is 18.9 Å². The summed E-state index contributed by atoms with van der Waals surface area (Å²) in [6, 6.07) is 0.0108. The molecule has 0 radical (unpaired) electrons. The van der Waals surface area contributed by atoms with Crippen LogP contribution in [0.4, 0.5) is 0 Å². The lowest BCUT2D eigenvalue weighted by molar-refractivity contribution is -0.136. The summed E-state index contributed by atoms with van der Waals surface area (Å²) in [6.45, 7) is 4.89. The highest BCUT2D eigenvalue weighted by Gasteiger charge is 2.41. The summed E-state index contributed by atoms with van der Waals surface area (Å²) in [5, 5.41) is 2.91. The van der Waals surface area contributed by atoms with Crippen molar-refractivity contribution >= 4 is 11.8 Å². The van der Waals surface area contributed by atoms with Gasteiger partial charge in [0.05, 0.1) is 0 Å². The maximum Gasteiger partial charge on any atom is 0.245 e. The fraction of sp³-hybridized carbons (Fsp3) is 0.867. The van der Waals surface area contributed by atoms with Gasteiger partial charge in [-0.3, -0.25) is 9.59 Å². The van der Waals surface area contributed by atoms with Crippen LogP contribution in [0.5, 0.6) is 0 Å². The van der Waals surface area contributed by atoms with Crippen molar-refractivity contribution in [2.24, 2.45) is 5.92 Å². The van der Waals surface area contributed by atoms with E-state index in [1.807, 2.05) is 4.90 Å². The number of carbonyl (C=O) groups is 2. The SMILES string of the molecule is CCCCCC(C)N1CCC(=O)NC(C2CC2)C1=O. The summed E-state index contributed by atoms with van der Waals surface area (Å²) in [6.07, 6.45) is 7.24. The average Bonchev–Trinajstić information content (AvgIpc) is 3.19. The van der Waals surface area contributed by atoms with Gasteiger partial charge in [0, 0.05) is 19.0 Å². The minimum Gasteiger partial charge on any atom is -0.344 e. The zero-order chi connectivity index (χ0) is 13.8. The lowest BCUT2D eigenvalue weighted by Crippen LogP contribution is -2.48. The molecule has 1 aliphatic carbocycles. The van der Waals surface area contributed by atoms with Crippen LogP contribution in [0.25, 0.3) is 0 Å². The second-order valence-corrected chi connectivity index (χ2v) is 6.01. The first-order valence-corrected chi connectivity index (χ1v) is 7.73. The summed E-state index contributed by atoms with van der Waals surface area (Å²) in [4.78, 5) is 26.2. The van der Waals surface area contributed by atoms with Crippen molar-refractivity contribution in [2.75, 3.05) is 6.54 Å². The number of nitrogens with one attached hydrogen (secondary N) is 1. The molecule has 1 heterocycles. The standard InChI is InChI=1S/C15H26N2O2/c1-3-4-5-6-11(2)17-10-9-13(18)16-14(15(17)19)12-7-8-12/h11-12,14H,3-10H2,1-2H3,(H,16,18). The molecule has 1 N–H and O–H groups in total. The Bertz CT molecular complexity index is 339. The number of rotatable bonds is 6. The van der Waals surface area contributed by atoms with Crippen molar-refractivity contribution in [3.8, 4) is 0 Å². The van der Waals surface area contributed by atoms with Crippen LogP contribution in [0.3, 0.4) is 0 Å². The molecule has 2 rings (SSSR count). The van der Waals surface area contributed by atoms with Gasteiger partial charge in [0.25, 0.3) is 0 Å². The number of nitrogens with zero attached hydrogens (tertiary/aromatic N) is 1. The van der Waals surface area contributed by atoms with Crippen LogP contribution >= 0.6 is 0 Å². The number of unbranched alkanes of at least 4 members (excludes halogenated alkanes) is 2. The largest absolute Gasteiger partial charge is 0.344 e. The molecular formula is C15H26N2O2. The lowest BCUT2D eigenvalue weighted by atomic mass is 10.1. The molecule has 4 heteroatoms. The highest BCUT2D eigenvalue weighted by molar-refractivity contribution is 5.90. The molecule has 2 unspecified atom stereocenters. The number of amides is 2. The molecule has 2 amide bonds. The molecule has 4 nitrogen and oxygen atoms in total. The van der Waals surface area contributed by atoms with E-state index < -0.39 is 0 Å². The Morgan fingerprint density at radius 2 is 2.05 bits per heavy atom. The smallest absolute Gasteiger partial charge is 0.245 e. The van der Waals surface area contributed by atoms with Crippen molar-refractivity contribution in [1.82, 2.24) is 10.2 Å². The van der Waals surface area contributed by atoms with Crippen LogP contribution in [0.2, 0.25) is 0 Å². The van der Waals surface area contributed by atoms with E-state index in [-0.39, 0.29) is 23.9 Å². The molecule has 108 valence electrons. The highest BCUT2D eigenvalue weighted by Crippen LogP contribution is 2.34. The average molecular weight is 266 g/mol. The van der Waals surface area contributed by atoms with E-state index in [1.54, 1.807) is 0 Å². The number of hydrogen-bond donors (Lipinski definition) is 1. The third-order valence-corrected chi connectivity index (χ3v) is 4.30. The summed E-state index contributed by atoms with van der Waals surface area (Å²) >= 11 is 0. The predicted molar refractivity (Wildman–Crippen MR) is 74.6 cm³/mol. The van der Waals surface area contributed by atoms with Crippen molar-refractivity contribution < 1.29 is 9.59 Å². The van der Waals surface area contributed by atoms with Crippen molar-refractivity contribution in [3.63, 3.8) is 0 Å². The Kier molecular flexibility index (Phi) is 4.83. The van der Waals surface area contributed by atoms with Gasteiger partial charge in [0.15, 0.2) is 0 Å². The van der Waals surface area contributed by atoms with E-state index in [1.165, 1.54) is 12.8 Å². The Morgan fingerprint density at radius 3 is 2.68 bits per heavy atom. The second-order valence-electron chi connectivity index (χ2n) is 6.01. The molecule has 1 aliphatic heterocycles. The van der Waals surface area contributed by atoms with Gasteiger partial charge in [-0.05, 0) is 32.1 Å². The first-order valence-electron chi connectivity index (χ1n) is 7.73. The van der Waals surface area contributed by atoms with E-state index >= 15 is 0 Å². The van der Waals surface area contributed by atoms with Crippen molar-refractivity contribution in [3.05, 3.63) is 0 Å². The molecule has 0 aromatic heterocycles. The van der Waals surface area contributed by atoms with Crippen molar-refractivity contribution in [1.29, 1.82) is 0 Å². The first-order chi connectivity index (χ1) is 9.13. The van der Waals surface area contributed by atoms with Gasteiger partial charge >= 0.3 is 0 Å². The second kappa shape index (κ2) is 6.40. The quantitative estimate of drug-likeness (QED) is 0.748. The van der Waals surface area contributed by atoms with Crippen LogP contribution in [-0.2, 0) is 9.59 Å². The first kappa shape index (κ1) is 14.4. The van der Waals surface area contributed by atoms with Crippen LogP contribution < -0.4 is 5.32 Å². The van der Waals surface area contributed by atoms with Crippen molar-refractivity contribution in [2.45, 2.75) is 70.9 Å². The Hall–Kier alpha value is -1.06. The molecule has 1 saturated carbocycles. The van der Waals surface area contributed by atoms with E-state index in [4.69, 9.17) is 0 Å². The minimum absolute atomic E-state index is 0.0357. The van der Waals surface area contributed by atoms with Crippen LogP contribution in [0.1, 0.15) is 58.8 Å². The van der Waals surface area contributed by atoms with Gasteiger partial charge in [0.1, 0.15) is 6.04 Å². The van der Waals surface area contributed by atoms with Gasteiger partial charge in [-0.25, -0.2) is 0 Å². The topological polar surface area (TPSA) is 49.4 Å².